The molecule has 0 N–H and O–H groups in total. The molecule has 0 spiro atoms. The van der Waals surface area contributed by atoms with Crippen LogP contribution in [-0.2, 0) is 0 Å². The van der Waals surface area contributed by atoms with Crippen molar-refractivity contribution >= 4 is 0 Å². The van der Waals surface area contributed by atoms with Gasteiger partial charge < -0.3 is 0 Å². The Hall–Kier alpha value is 0. The summed E-state index contributed by atoms with van der Waals surface area (Å²) in [7, 11) is 0. The van der Waals surface area contributed by atoms with Gasteiger partial charge in [-0.2, -0.15) is 0 Å². The normalized spacial score (nSPS) is 23.5. The lowest BCUT2D eigenvalue weighted by Crippen LogP contribution is -1.99. The van der Waals surface area contributed by atoms with Gasteiger partial charge in [-0.05, 0) is 11.8 Å². The highest BCUT2D eigenvalue weighted by Crippen LogP contribution is 2.26. The Bertz CT molecular complexity index is 86.2. The van der Waals surface area contributed by atoms with Crippen LogP contribution in [0.15, 0.2) is 0 Å². The predicted molar refractivity (Wildman–Crippen MR) is 57.4 cm³/mol. The Morgan fingerprint density at radius 3 is 1.25 bits per heavy atom. The Kier molecular flexibility index (Phi) is 6.51. The van der Waals surface area contributed by atoms with Crippen molar-refractivity contribution in [3.63, 3.8) is 0 Å². The SMILES string of the molecule is C.CC1CC1.CC1CCCCC1. The minimum Gasteiger partial charge on any atom is -0.0776 e. The molecule has 0 bridgehead atoms. The summed E-state index contributed by atoms with van der Waals surface area (Å²) in [5.74, 6) is 2.12. The summed E-state index contributed by atoms with van der Waals surface area (Å²) in [6.45, 7) is 4.64. The van der Waals surface area contributed by atoms with Gasteiger partial charge in [0.2, 0.25) is 0 Å². The molecule has 2 aliphatic carbocycles. The maximum absolute atomic E-state index is 2.36. The average molecular weight is 170 g/mol. The van der Waals surface area contributed by atoms with Crippen LogP contribution in [0.5, 0.6) is 0 Å². The lowest BCUT2D eigenvalue weighted by Gasteiger charge is -2.15. The Labute approximate surface area is 78.8 Å². The molecule has 0 saturated heterocycles. The summed E-state index contributed by atoms with van der Waals surface area (Å²) in [6.07, 6.45) is 10.4. The van der Waals surface area contributed by atoms with Gasteiger partial charge in [-0.25, -0.2) is 0 Å². The molecule has 0 unspecified atom stereocenters. The van der Waals surface area contributed by atoms with Crippen molar-refractivity contribution < 1.29 is 0 Å². The molecule has 12 heavy (non-hydrogen) atoms. The summed E-state index contributed by atoms with van der Waals surface area (Å²) < 4.78 is 0. The fourth-order valence-corrected chi connectivity index (χ4v) is 1.47. The topological polar surface area (TPSA) is 0 Å². The van der Waals surface area contributed by atoms with Crippen LogP contribution in [0, 0.1) is 11.8 Å². The lowest BCUT2D eigenvalue weighted by molar-refractivity contribution is 0.385. The van der Waals surface area contributed by atoms with Gasteiger partial charge in [0.05, 0.1) is 0 Å². The molecule has 0 aromatic heterocycles. The molecule has 2 rings (SSSR count). The summed E-state index contributed by atoms with van der Waals surface area (Å²) in [5.41, 5.74) is 0. The molecule has 0 amide bonds. The number of hydrogen-bond donors (Lipinski definition) is 0. The maximum Gasteiger partial charge on any atom is -0.0443 e. The first-order chi connectivity index (χ1) is 5.29. The second-order valence-corrected chi connectivity index (χ2v) is 4.43. The second kappa shape index (κ2) is 6.51. The maximum atomic E-state index is 2.36. The summed E-state index contributed by atoms with van der Waals surface area (Å²) in [4.78, 5) is 0. The van der Waals surface area contributed by atoms with Crippen molar-refractivity contribution in [2.75, 3.05) is 0 Å². The second-order valence-electron chi connectivity index (χ2n) is 4.43. The van der Waals surface area contributed by atoms with Crippen molar-refractivity contribution in [1.82, 2.24) is 0 Å². The highest BCUT2D eigenvalue weighted by molar-refractivity contribution is 4.65. The van der Waals surface area contributed by atoms with Gasteiger partial charge in [0, 0.05) is 0 Å². The van der Waals surface area contributed by atoms with E-state index < -0.39 is 0 Å². The highest BCUT2D eigenvalue weighted by atomic mass is 14.2. The number of hydrogen-bond acceptors (Lipinski definition) is 0. The third-order valence-corrected chi connectivity index (χ3v) is 2.76. The monoisotopic (exact) mass is 170 g/mol. The van der Waals surface area contributed by atoms with Gasteiger partial charge in [0.1, 0.15) is 0 Å². The van der Waals surface area contributed by atoms with E-state index in [1.807, 2.05) is 0 Å². The zero-order valence-electron chi connectivity index (χ0n) is 8.10. The average Bonchev–Trinajstić information content (AvgIpc) is 2.75. The van der Waals surface area contributed by atoms with Crippen molar-refractivity contribution in [2.45, 2.75) is 66.2 Å². The molecule has 0 heterocycles. The zero-order valence-corrected chi connectivity index (χ0v) is 8.10. The van der Waals surface area contributed by atoms with E-state index in [9.17, 15) is 0 Å². The van der Waals surface area contributed by atoms with Crippen molar-refractivity contribution in [2.24, 2.45) is 11.8 Å². The van der Waals surface area contributed by atoms with E-state index in [4.69, 9.17) is 0 Å². The van der Waals surface area contributed by atoms with Crippen LogP contribution in [0.25, 0.3) is 0 Å². The van der Waals surface area contributed by atoms with Gasteiger partial charge >= 0.3 is 0 Å². The molecule has 0 atom stereocenters. The fourth-order valence-electron chi connectivity index (χ4n) is 1.47. The van der Waals surface area contributed by atoms with E-state index in [-0.39, 0.29) is 7.43 Å². The van der Waals surface area contributed by atoms with E-state index in [1.54, 1.807) is 0 Å². The van der Waals surface area contributed by atoms with Crippen LogP contribution in [0.2, 0.25) is 0 Å². The van der Waals surface area contributed by atoms with Gasteiger partial charge in [0.25, 0.3) is 0 Å². The minimum absolute atomic E-state index is 0. The third kappa shape index (κ3) is 6.69. The Balaban J connectivity index is 0.000000209. The van der Waals surface area contributed by atoms with Crippen LogP contribution in [0.3, 0.4) is 0 Å². The van der Waals surface area contributed by atoms with E-state index in [2.05, 4.69) is 13.8 Å². The first-order valence-corrected chi connectivity index (χ1v) is 5.29. The molecule has 74 valence electrons. The molecule has 0 radical (unpaired) electrons. The van der Waals surface area contributed by atoms with Crippen molar-refractivity contribution in [3.05, 3.63) is 0 Å². The first-order valence-electron chi connectivity index (χ1n) is 5.29. The minimum atomic E-state index is 0. The fraction of sp³-hybridized carbons (Fsp3) is 1.00. The van der Waals surface area contributed by atoms with E-state index >= 15 is 0 Å². The summed E-state index contributed by atoms with van der Waals surface area (Å²) in [5, 5.41) is 0. The lowest BCUT2D eigenvalue weighted by atomic mass is 9.91. The van der Waals surface area contributed by atoms with E-state index in [0.717, 1.165) is 11.8 Å². The molecule has 0 aliphatic heterocycles. The largest absolute Gasteiger partial charge is 0.0776 e. The van der Waals surface area contributed by atoms with Crippen LogP contribution in [0.4, 0.5) is 0 Å². The Morgan fingerprint density at radius 1 is 0.667 bits per heavy atom. The Morgan fingerprint density at radius 2 is 1.08 bits per heavy atom. The standard InChI is InChI=1S/C7H14.C4H8.CH4/c1-7-5-3-2-4-6-7;1-4-2-3-4;/h7H,2-6H2,1H3;4H,2-3H2,1H3;1H4. The molecular formula is C12H26. The van der Waals surface area contributed by atoms with Crippen molar-refractivity contribution in [1.29, 1.82) is 0 Å². The summed E-state index contributed by atoms with van der Waals surface area (Å²) in [6, 6.07) is 0. The van der Waals surface area contributed by atoms with E-state index in [1.165, 1.54) is 44.9 Å². The molecule has 2 fully saturated rings. The van der Waals surface area contributed by atoms with Gasteiger partial charge in [0.15, 0.2) is 0 Å². The molecule has 0 heteroatoms. The quantitative estimate of drug-likeness (QED) is 0.497. The predicted octanol–water partition coefficient (Wildman–Crippen LogP) is 4.64. The number of rotatable bonds is 0. The van der Waals surface area contributed by atoms with Gasteiger partial charge in [-0.3, -0.25) is 0 Å². The van der Waals surface area contributed by atoms with E-state index in [0.29, 0.717) is 0 Å². The van der Waals surface area contributed by atoms with Crippen LogP contribution in [0.1, 0.15) is 66.2 Å². The van der Waals surface area contributed by atoms with Crippen LogP contribution < -0.4 is 0 Å². The van der Waals surface area contributed by atoms with Gasteiger partial charge in [-0.1, -0.05) is 66.2 Å². The molecule has 0 nitrogen and oxygen atoms in total. The first kappa shape index (κ1) is 12.0. The highest BCUT2D eigenvalue weighted by Gasteiger charge is 2.12. The molecule has 0 aromatic rings. The van der Waals surface area contributed by atoms with Crippen molar-refractivity contribution in [3.8, 4) is 0 Å². The third-order valence-electron chi connectivity index (χ3n) is 2.76. The summed E-state index contributed by atoms with van der Waals surface area (Å²) >= 11 is 0. The molecular weight excluding hydrogens is 144 g/mol. The van der Waals surface area contributed by atoms with Crippen LogP contribution in [-0.4, -0.2) is 0 Å². The molecule has 2 aliphatic rings. The molecule has 0 aromatic carbocycles. The smallest absolute Gasteiger partial charge is 0.0443 e. The molecule has 2 saturated carbocycles. The zero-order chi connectivity index (χ0) is 8.10. The van der Waals surface area contributed by atoms with Crippen LogP contribution >= 0.6 is 0 Å². The van der Waals surface area contributed by atoms with Gasteiger partial charge in [-0.15, -0.1) is 0 Å².